The maximum atomic E-state index is 12.2. The molecule has 0 saturated carbocycles. The lowest BCUT2D eigenvalue weighted by Gasteiger charge is -2.32. The normalized spacial score (nSPS) is 24.7. The van der Waals surface area contributed by atoms with Gasteiger partial charge in [0.2, 0.25) is 0 Å². The molecule has 0 radical (unpaired) electrons. The molecule has 0 bridgehead atoms. The Hall–Kier alpha value is -1.40. The number of esters is 2. The van der Waals surface area contributed by atoms with E-state index in [1.807, 2.05) is 6.92 Å². The third-order valence-electron chi connectivity index (χ3n) is 3.69. The second-order valence-electron chi connectivity index (χ2n) is 4.76. The Morgan fingerprint density at radius 3 is 2.29 bits per heavy atom. The number of hydrogen-bond donors (Lipinski definition) is 0. The van der Waals surface area contributed by atoms with Crippen molar-refractivity contribution in [2.45, 2.75) is 38.4 Å². The van der Waals surface area contributed by atoms with Gasteiger partial charge in [0.25, 0.3) is 0 Å². The van der Waals surface area contributed by atoms with Crippen LogP contribution in [-0.4, -0.2) is 46.2 Å². The average Bonchev–Trinajstić information content (AvgIpc) is 2.80. The smallest absolute Gasteiger partial charge is 0.334 e. The summed E-state index contributed by atoms with van der Waals surface area (Å²) in [5.74, 6) is -4.07. The molecule has 0 N–H and O–H groups in total. The summed E-state index contributed by atoms with van der Waals surface area (Å²) in [6.07, 6.45) is 1.16. The summed E-state index contributed by atoms with van der Waals surface area (Å²) >= 11 is 0. The molecule has 21 heavy (non-hydrogen) atoms. The number of hydrogen-bond acceptors (Lipinski definition) is 6. The molecule has 1 rings (SSSR count). The maximum Gasteiger partial charge on any atom is 0.334 e. The summed E-state index contributed by atoms with van der Waals surface area (Å²) in [6.45, 7) is 2.00. The van der Waals surface area contributed by atoms with Crippen LogP contribution in [0.25, 0.3) is 0 Å². The van der Waals surface area contributed by atoms with E-state index in [0.29, 0.717) is 12.0 Å². The summed E-state index contributed by atoms with van der Waals surface area (Å²) in [7, 11) is 5.15. The van der Waals surface area contributed by atoms with E-state index in [0.717, 1.165) is 12.8 Å². The van der Waals surface area contributed by atoms with Gasteiger partial charge in [-0.15, -0.1) is 0 Å². The van der Waals surface area contributed by atoms with Gasteiger partial charge >= 0.3 is 11.9 Å². The Bertz CT molecular complexity index is 455. The SMILES string of the molecule is [2H][C@@H]1C(CCCC)=C(C(=O)OC)[C@@H](C(=O)OC)C1(OC)OC. The highest BCUT2D eigenvalue weighted by molar-refractivity contribution is 5.98. The van der Waals surface area contributed by atoms with Crippen molar-refractivity contribution in [2.24, 2.45) is 5.92 Å². The van der Waals surface area contributed by atoms with Gasteiger partial charge in [0.15, 0.2) is 5.79 Å². The molecule has 0 aromatic carbocycles. The average molecular weight is 301 g/mol. The molecule has 2 atom stereocenters. The van der Waals surface area contributed by atoms with Crippen LogP contribution in [-0.2, 0) is 28.5 Å². The van der Waals surface area contributed by atoms with Crippen LogP contribution in [0.3, 0.4) is 0 Å². The minimum Gasteiger partial charge on any atom is -0.468 e. The highest BCUT2D eigenvalue weighted by atomic mass is 16.7. The zero-order valence-corrected chi connectivity index (χ0v) is 13.2. The van der Waals surface area contributed by atoms with Crippen LogP contribution in [0.2, 0.25) is 0 Å². The zero-order valence-electron chi connectivity index (χ0n) is 14.2. The monoisotopic (exact) mass is 301 g/mol. The maximum absolute atomic E-state index is 12.2. The fraction of sp³-hybridized carbons (Fsp3) is 0.733. The van der Waals surface area contributed by atoms with Gasteiger partial charge < -0.3 is 18.9 Å². The molecular weight excluding hydrogens is 276 g/mol. The molecule has 1 aliphatic rings. The predicted molar refractivity (Wildman–Crippen MR) is 75.4 cm³/mol. The molecule has 6 heteroatoms. The quantitative estimate of drug-likeness (QED) is 0.528. The Kier molecular flexibility index (Phi) is 5.76. The van der Waals surface area contributed by atoms with E-state index in [-0.39, 0.29) is 5.57 Å². The number of unbranched alkanes of at least 4 members (excludes halogenated alkanes) is 1. The van der Waals surface area contributed by atoms with Crippen molar-refractivity contribution in [2.75, 3.05) is 28.4 Å². The third-order valence-corrected chi connectivity index (χ3v) is 3.69. The van der Waals surface area contributed by atoms with E-state index in [1.54, 1.807) is 0 Å². The van der Waals surface area contributed by atoms with E-state index < -0.39 is 30.0 Å². The summed E-state index contributed by atoms with van der Waals surface area (Å²) < 4.78 is 28.8. The molecule has 120 valence electrons. The van der Waals surface area contributed by atoms with E-state index in [9.17, 15) is 9.59 Å². The number of rotatable bonds is 7. The standard InChI is InChI=1S/C15H24O6/c1-6-7-8-10-9-15(20-4,21-5)12(14(17)19-3)11(10)13(16)18-2/h12H,6-9H2,1-5H3/t12-/m0/s1/i9D/t9-,12+/m1. The van der Waals surface area contributed by atoms with Crippen LogP contribution in [0.1, 0.15) is 34.0 Å². The van der Waals surface area contributed by atoms with E-state index in [4.69, 9.17) is 20.3 Å². The minimum absolute atomic E-state index is 0.117. The van der Waals surface area contributed by atoms with Crippen LogP contribution >= 0.6 is 0 Å². The molecule has 0 fully saturated rings. The van der Waals surface area contributed by atoms with Gasteiger partial charge in [-0.2, -0.15) is 0 Å². The van der Waals surface area contributed by atoms with Crippen molar-refractivity contribution in [1.29, 1.82) is 0 Å². The lowest BCUT2D eigenvalue weighted by Crippen LogP contribution is -2.45. The van der Waals surface area contributed by atoms with Gasteiger partial charge in [-0.25, -0.2) is 4.79 Å². The minimum atomic E-state index is -1.58. The Morgan fingerprint density at radius 1 is 1.24 bits per heavy atom. The molecule has 0 aromatic heterocycles. The fourth-order valence-electron chi connectivity index (χ4n) is 2.56. The van der Waals surface area contributed by atoms with Crippen molar-refractivity contribution in [3.05, 3.63) is 11.1 Å². The molecule has 0 aliphatic heterocycles. The predicted octanol–water partition coefficient (Wildman–Crippen LogP) is 1.83. The fourth-order valence-corrected chi connectivity index (χ4v) is 2.56. The van der Waals surface area contributed by atoms with Crippen LogP contribution in [0.15, 0.2) is 11.1 Å². The van der Waals surface area contributed by atoms with Gasteiger partial charge in [0.05, 0.1) is 19.8 Å². The van der Waals surface area contributed by atoms with E-state index in [2.05, 4.69) is 0 Å². The first-order valence-electron chi connectivity index (χ1n) is 7.44. The molecule has 0 heterocycles. The zero-order chi connectivity index (χ0) is 16.9. The summed E-state index contributed by atoms with van der Waals surface area (Å²) in [5.41, 5.74) is 0.624. The second kappa shape index (κ2) is 7.56. The molecule has 0 amide bonds. The molecular formula is C15H24O6. The first kappa shape index (κ1) is 16.0. The molecule has 0 unspecified atom stereocenters. The Morgan fingerprint density at radius 2 is 1.86 bits per heavy atom. The number of carbonyl (C=O) groups is 2. The van der Waals surface area contributed by atoms with Crippen molar-refractivity contribution in [3.63, 3.8) is 0 Å². The van der Waals surface area contributed by atoms with E-state index in [1.165, 1.54) is 28.4 Å². The molecule has 0 spiro atoms. The highest BCUT2D eigenvalue weighted by Gasteiger charge is 2.55. The first-order valence-corrected chi connectivity index (χ1v) is 6.86. The van der Waals surface area contributed by atoms with E-state index >= 15 is 0 Å². The topological polar surface area (TPSA) is 71.1 Å². The number of methoxy groups -OCH3 is 4. The number of ether oxygens (including phenoxy) is 4. The lowest BCUT2D eigenvalue weighted by atomic mass is 9.95. The molecule has 0 aromatic rings. The van der Waals surface area contributed by atoms with Gasteiger partial charge in [0.1, 0.15) is 5.92 Å². The van der Waals surface area contributed by atoms with Crippen LogP contribution in [0.4, 0.5) is 0 Å². The molecule has 1 aliphatic carbocycles. The van der Waals surface area contributed by atoms with Crippen molar-refractivity contribution >= 4 is 11.9 Å². The molecule has 0 saturated heterocycles. The van der Waals surface area contributed by atoms with Gasteiger partial charge in [-0.3, -0.25) is 4.79 Å². The largest absolute Gasteiger partial charge is 0.468 e. The van der Waals surface area contributed by atoms with Gasteiger partial charge in [-0.1, -0.05) is 18.9 Å². The summed E-state index contributed by atoms with van der Waals surface area (Å²) in [5, 5.41) is 0. The Labute approximate surface area is 126 Å². The molecule has 6 nitrogen and oxygen atoms in total. The van der Waals surface area contributed by atoms with Crippen molar-refractivity contribution in [3.8, 4) is 0 Å². The van der Waals surface area contributed by atoms with Gasteiger partial charge in [0, 0.05) is 22.0 Å². The van der Waals surface area contributed by atoms with Crippen molar-refractivity contribution < 1.29 is 29.9 Å². The first-order chi connectivity index (χ1) is 10.4. The lowest BCUT2D eigenvalue weighted by molar-refractivity contribution is -0.230. The highest BCUT2D eigenvalue weighted by Crippen LogP contribution is 2.46. The Balaban J connectivity index is 3.48. The summed E-state index contributed by atoms with van der Waals surface area (Å²) in [6, 6.07) is 0. The summed E-state index contributed by atoms with van der Waals surface area (Å²) in [4.78, 5) is 24.4. The third kappa shape index (κ3) is 3.27. The van der Waals surface area contributed by atoms with Crippen LogP contribution in [0.5, 0.6) is 0 Å². The number of carbonyl (C=O) groups excluding carboxylic acids is 2. The van der Waals surface area contributed by atoms with Crippen LogP contribution < -0.4 is 0 Å². The van der Waals surface area contributed by atoms with Gasteiger partial charge in [-0.05, 0) is 12.8 Å². The van der Waals surface area contributed by atoms with Crippen LogP contribution in [0, 0.1) is 5.92 Å². The van der Waals surface area contributed by atoms with Crippen molar-refractivity contribution in [1.82, 2.24) is 0 Å². The second-order valence-corrected chi connectivity index (χ2v) is 4.76.